The molecule has 0 aromatic heterocycles. The van der Waals surface area contributed by atoms with Gasteiger partial charge < -0.3 is 0 Å². The normalized spacial score (nSPS) is 14.2. The van der Waals surface area contributed by atoms with Gasteiger partial charge in [-0.15, -0.1) is 0 Å². The molecule has 0 bridgehead atoms. The summed E-state index contributed by atoms with van der Waals surface area (Å²) in [5.74, 6) is 0. The number of halogens is 1. The maximum Gasteiger partial charge on any atom is 0.0616 e. The molecule has 0 saturated carbocycles. The summed E-state index contributed by atoms with van der Waals surface area (Å²) >= 11 is 3.44. The minimum Gasteiger partial charge on any atom is -0.254 e. The summed E-state index contributed by atoms with van der Waals surface area (Å²) in [6.07, 6.45) is 0. The van der Waals surface area contributed by atoms with E-state index in [1.807, 2.05) is 61.5 Å². The second-order valence-corrected chi connectivity index (χ2v) is 6.38. The first-order valence-corrected chi connectivity index (χ1v) is 7.41. The molecule has 2 aromatic carbocycles. The molecule has 0 aliphatic heterocycles. The van der Waals surface area contributed by atoms with Gasteiger partial charge in [0, 0.05) is 4.47 Å². The fraction of sp³-hybridized carbons (Fsp3) is 0.143. The predicted molar refractivity (Wildman–Crippen MR) is 75.4 cm³/mol. The molecule has 3 heteroatoms. The topological polar surface area (TPSA) is 17.1 Å². The van der Waals surface area contributed by atoms with E-state index in [4.69, 9.17) is 0 Å². The third-order valence-electron chi connectivity index (χ3n) is 2.64. The van der Waals surface area contributed by atoms with Crippen LogP contribution in [0.5, 0.6) is 0 Å². The maximum absolute atomic E-state index is 12.4. The predicted octanol–water partition coefficient (Wildman–Crippen LogP) is 4.32. The minimum absolute atomic E-state index is 0.00472. The zero-order chi connectivity index (χ0) is 12.3. The smallest absolute Gasteiger partial charge is 0.0616 e. The average molecular weight is 309 g/mol. The highest BCUT2D eigenvalue weighted by Crippen LogP contribution is 2.28. The Morgan fingerprint density at radius 2 is 1.59 bits per heavy atom. The van der Waals surface area contributed by atoms with Gasteiger partial charge in [-0.2, -0.15) is 0 Å². The summed E-state index contributed by atoms with van der Waals surface area (Å²) in [5.41, 5.74) is 1.10. The van der Waals surface area contributed by atoms with Crippen molar-refractivity contribution in [3.8, 4) is 0 Å². The highest BCUT2D eigenvalue weighted by atomic mass is 79.9. The van der Waals surface area contributed by atoms with Crippen molar-refractivity contribution in [3.63, 3.8) is 0 Å². The monoisotopic (exact) mass is 308 g/mol. The average Bonchev–Trinajstić information content (AvgIpc) is 2.39. The molecule has 0 N–H and O–H groups in total. The van der Waals surface area contributed by atoms with Gasteiger partial charge >= 0.3 is 0 Å². The number of rotatable bonds is 3. The van der Waals surface area contributed by atoms with E-state index < -0.39 is 10.8 Å². The van der Waals surface area contributed by atoms with Gasteiger partial charge in [-0.1, -0.05) is 42.5 Å². The Kier molecular flexibility index (Phi) is 4.13. The summed E-state index contributed by atoms with van der Waals surface area (Å²) in [6, 6.07) is 17.6. The van der Waals surface area contributed by atoms with Crippen LogP contribution in [0.2, 0.25) is 0 Å². The van der Waals surface area contributed by atoms with Crippen molar-refractivity contribution in [1.82, 2.24) is 0 Å². The number of benzene rings is 2. The van der Waals surface area contributed by atoms with E-state index in [0.29, 0.717) is 0 Å². The van der Waals surface area contributed by atoms with Crippen LogP contribution in [-0.4, -0.2) is 4.21 Å². The van der Waals surface area contributed by atoms with Gasteiger partial charge in [-0.25, -0.2) is 0 Å². The first-order chi connectivity index (χ1) is 8.20. The lowest BCUT2D eigenvalue weighted by molar-refractivity contribution is 0.675. The molecule has 0 amide bonds. The van der Waals surface area contributed by atoms with Crippen LogP contribution < -0.4 is 0 Å². The van der Waals surface area contributed by atoms with E-state index in [-0.39, 0.29) is 5.25 Å². The Hall–Kier alpha value is -0.930. The Labute approximate surface area is 112 Å². The molecule has 88 valence electrons. The fourth-order valence-corrected chi connectivity index (χ4v) is 3.67. The molecular weight excluding hydrogens is 296 g/mol. The molecule has 2 aromatic rings. The lowest BCUT2D eigenvalue weighted by Crippen LogP contribution is -2.03. The number of hydrogen-bond donors (Lipinski definition) is 0. The van der Waals surface area contributed by atoms with E-state index in [2.05, 4.69) is 15.9 Å². The van der Waals surface area contributed by atoms with Crippen LogP contribution >= 0.6 is 15.9 Å². The summed E-state index contributed by atoms with van der Waals surface area (Å²) in [6.45, 7) is 1.99. The van der Waals surface area contributed by atoms with Gasteiger partial charge in [0.15, 0.2) is 0 Å². The number of hydrogen-bond acceptors (Lipinski definition) is 1. The second kappa shape index (κ2) is 5.61. The Morgan fingerprint density at radius 3 is 2.24 bits per heavy atom. The largest absolute Gasteiger partial charge is 0.254 e. The third kappa shape index (κ3) is 2.85. The molecule has 0 saturated heterocycles. The van der Waals surface area contributed by atoms with E-state index in [1.54, 1.807) is 0 Å². The van der Waals surface area contributed by atoms with Crippen LogP contribution in [0.1, 0.15) is 17.7 Å². The molecule has 0 aliphatic carbocycles. The standard InChI is InChI=1S/C14H13BrOS/c1-11(12-7-3-2-4-8-12)17(16)14-10-6-5-9-13(14)15/h2-11H,1H3/t11-,17+/m0/s1. The SMILES string of the molecule is C[C@@H](c1ccccc1)[S@@](=O)c1ccccc1Br. The Morgan fingerprint density at radius 1 is 1.00 bits per heavy atom. The van der Waals surface area contributed by atoms with Crippen LogP contribution in [-0.2, 0) is 10.8 Å². The van der Waals surface area contributed by atoms with Gasteiger partial charge in [0.05, 0.1) is 20.9 Å². The molecule has 2 rings (SSSR count). The molecule has 0 fully saturated rings. The molecular formula is C14H13BrOS. The molecule has 0 unspecified atom stereocenters. The molecule has 2 atom stereocenters. The summed E-state index contributed by atoms with van der Waals surface area (Å²) < 4.78 is 13.4. The fourth-order valence-electron chi connectivity index (χ4n) is 1.65. The van der Waals surface area contributed by atoms with Crippen LogP contribution in [0.15, 0.2) is 64.0 Å². The first kappa shape index (κ1) is 12.5. The lowest BCUT2D eigenvalue weighted by atomic mass is 10.2. The van der Waals surface area contributed by atoms with E-state index in [9.17, 15) is 4.21 Å². The summed E-state index contributed by atoms with van der Waals surface area (Å²) in [5, 5.41) is -0.00472. The van der Waals surface area contributed by atoms with Crippen molar-refractivity contribution in [1.29, 1.82) is 0 Å². The molecule has 0 aliphatic rings. The zero-order valence-electron chi connectivity index (χ0n) is 9.47. The van der Waals surface area contributed by atoms with Gasteiger partial charge in [-0.05, 0) is 40.5 Å². The van der Waals surface area contributed by atoms with Crippen molar-refractivity contribution < 1.29 is 4.21 Å². The van der Waals surface area contributed by atoms with Crippen molar-refractivity contribution in [3.05, 3.63) is 64.6 Å². The lowest BCUT2D eigenvalue weighted by Gasteiger charge is -2.12. The van der Waals surface area contributed by atoms with E-state index >= 15 is 0 Å². The molecule has 0 radical (unpaired) electrons. The van der Waals surface area contributed by atoms with Gasteiger partial charge in [0.25, 0.3) is 0 Å². The minimum atomic E-state index is -1.04. The van der Waals surface area contributed by atoms with Gasteiger partial charge in [0.1, 0.15) is 0 Å². The second-order valence-electron chi connectivity index (χ2n) is 3.78. The van der Waals surface area contributed by atoms with E-state index in [1.165, 1.54) is 0 Å². The third-order valence-corrected chi connectivity index (χ3v) is 5.30. The van der Waals surface area contributed by atoms with Crippen LogP contribution in [0.25, 0.3) is 0 Å². The molecule has 0 spiro atoms. The summed E-state index contributed by atoms with van der Waals surface area (Å²) in [7, 11) is -1.04. The van der Waals surface area contributed by atoms with Crippen molar-refractivity contribution in [2.45, 2.75) is 17.1 Å². The molecule has 17 heavy (non-hydrogen) atoms. The zero-order valence-corrected chi connectivity index (χ0v) is 11.9. The van der Waals surface area contributed by atoms with Crippen LogP contribution in [0, 0.1) is 0 Å². The Bertz CT molecular complexity index is 525. The highest BCUT2D eigenvalue weighted by Gasteiger charge is 2.16. The Balaban J connectivity index is 2.30. The van der Waals surface area contributed by atoms with Crippen molar-refractivity contribution in [2.24, 2.45) is 0 Å². The quantitative estimate of drug-likeness (QED) is 0.825. The molecule has 1 nitrogen and oxygen atoms in total. The van der Waals surface area contributed by atoms with Crippen molar-refractivity contribution >= 4 is 26.7 Å². The molecule has 0 heterocycles. The maximum atomic E-state index is 12.4. The van der Waals surface area contributed by atoms with Crippen LogP contribution in [0.3, 0.4) is 0 Å². The van der Waals surface area contributed by atoms with Gasteiger partial charge in [0.2, 0.25) is 0 Å². The van der Waals surface area contributed by atoms with Gasteiger partial charge in [-0.3, -0.25) is 4.21 Å². The highest BCUT2D eigenvalue weighted by molar-refractivity contribution is 9.10. The summed E-state index contributed by atoms with van der Waals surface area (Å²) in [4.78, 5) is 0.851. The van der Waals surface area contributed by atoms with Crippen LogP contribution in [0.4, 0.5) is 0 Å². The van der Waals surface area contributed by atoms with Crippen molar-refractivity contribution in [2.75, 3.05) is 0 Å². The van der Waals surface area contributed by atoms with E-state index in [0.717, 1.165) is 14.9 Å². The first-order valence-electron chi connectivity index (χ1n) is 5.40.